The molecule has 1 aliphatic heterocycles. The summed E-state index contributed by atoms with van der Waals surface area (Å²) in [6.07, 6.45) is 1.19. The molecule has 0 radical (unpaired) electrons. The summed E-state index contributed by atoms with van der Waals surface area (Å²) in [6.45, 7) is 0.440. The van der Waals surface area contributed by atoms with E-state index < -0.39 is 16.6 Å². The average molecular weight is 279 g/mol. The summed E-state index contributed by atoms with van der Waals surface area (Å²) in [4.78, 5) is 32.0. The van der Waals surface area contributed by atoms with Crippen molar-refractivity contribution < 1.29 is 19.6 Å². The van der Waals surface area contributed by atoms with Gasteiger partial charge in [0.1, 0.15) is 5.56 Å². The Balaban J connectivity index is 2.09. The molecule has 1 aliphatic rings. The van der Waals surface area contributed by atoms with Crippen molar-refractivity contribution in [1.29, 1.82) is 0 Å². The lowest BCUT2D eigenvalue weighted by atomic mass is 10.1. The highest BCUT2D eigenvalue weighted by molar-refractivity contribution is 5.93. The van der Waals surface area contributed by atoms with E-state index in [1.807, 2.05) is 0 Å². The van der Waals surface area contributed by atoms with Crippen molar-refractivity contribution in [2.75, 3.05) is 11.9 Å². The Morgan fingerprint density at radius 1 is 1.55 bits per heavy atom. The van der Waals surface area contributed by atoms with Gasteiger partial charge in [-0.15, -0.1) is 0 Å². The Hall–Kier alpha value is -2.64. The fraction of sp³-hybridized carbons (Fsp3) is 0.333. The summed E-state index contributed by atoms with van der Waals surface area (Å²) < 4.78 is 0. The number of hydrogen-bond donors (Lipinski definition) is 3. The molecular formula is C12H13N3O5. The maximum atomic E-state index is 11.0. The Morgan fingerprint density at radius 3 is 2.85 bits per heavy atom. The molecule has 106 valence electrons. The minimum absolute atomic E-state index is 0.0102. The van der Waals surface area contributed by atoms with E-state index >= 15 is 0 Å². The number of anilines is 1. The summed E-state index contributed by atoms with van der Waals surface area (Å²) >= 11 is 0. The van der Waals surface area contributed by atoms with E-state index in [0.717, 1.165) is 0 Å². The van der Waals surface area contributed by atoms with Crippen molar-refractivity contribution in [3.05, 3.63) is 33.9 Å². The number of hydrogen-bond acceptors (Lipinski definition) is 5. The van der Waals surface area contributed by atoms with Gasteiger partial charge in [-0.3, -0.25) is 14.9 Å². The molecule has 20 heavy (non-hydrogen) atoms. The highest BCUT2D eigenvalue weighted by Crippen LogP contribution is 2.23. The molecule has 2 rings (SSSR count). The predicted octanol–water partition coefficient (Wildman–Crippen LogP) is 0.983. The second kappa shape index (κ2) is 5.55. The van der Waals surface area contributed by atoms with Crippen molar-refractivity contribution in [2.24, 2.45) is 0 Å². The number of rotatable bonds is 5. The van der Waals surface area contributed by atoms with E-state index in [0.29, 0.717) is 25.1 Å². The molecule has 3 N–H and O–H groups in total. The van der Waals surface area contributed by atoms with E-state index in [2.05, 4.69) is 10.6 Å². The third-order valence-electron chi connectivity index (χ3n) is 3.06. The summed E-state index contributed by atoms with van der Waals surface area (Å²) in [7, 11) is 0. The van der Waals surface area contributed by atoms with Crippen molar-refractivity contribution >= 4 is 23.3 Å². The van der Waals surface area contributed by atoms with Gasteiger partial charge in [0.05, 0.1) is 4.92 Å². The van der Waals surface area contributed by atoms with Gasteiger partial charge in [0.2, 0.25) is 5.91 Å². The maximum absolute atomic E-state index is 11.0. The maximum Gasteiger partial charge on any atom is 0.342 e. The molecule has 0 saturated carbocycles. The number of benzene rings is 1. The molecule has 0 aromatic heterocycles. The molecule has 1 unspecified atom stereocenters. The minimum Gasteiger partial charge on any atom is -0.477 e. The molecule has 8 nitrogen and oxygen atoms in total. The second-order valence-corrected chi connectivity index (χ2v) is 4.48. The van der Waals surface area contributed by atoms with Crippen LogP contribution < -0.4 is 10.6 Å². The van der Waals surface area contributed by atoms with Gasteiger partial charge in [-0.25, -0.2) is 4.79 Å². The van der Waals surface area contributed by atoms with Crippen molar-refractivity contribution in [3.8, 4) is 0 Å². The molecule has 1 fully saturated rings. The Morgan fingerprint density at radius 2 is 2.30 bits per heavy atom. The van der Waals surface area contributed by atoms with Crippen molar-refractivity contribution in [2.45, 2.75) is 18.9 Å². The van der Waals surface area contributed by atoms with Gasteiger partial charge in [-0.1, -0.05) is 0 Å². The average Bonchev–Trinajstić information content (AvgIpc) is 2.81. The molecule has 0 spiro atoms. The van der Waals surface area contributed by atoms with Crippen LogP contribution in [0.3, 0.4) is 0 Å². The van der Waals surface area contributed by atoms with Gasteiger partial charge in [-0.05, 0) is 18.6 Å². The Labute approximate surface area is 113 Å². The monoisotopic (exact) mass is 279 g/mol. The lowest BCUT2D eigenvalue weighted by molar-refractivity contribution is -0.385. The number of carbonyl (C=O) groups is 2. The number of nitrogens with one attached hydrogen (secondary N) is 2. The van der Waals surface area contributed by atoms with E-state index in [1.54, 1.807) is 0 Å². The zero-order chi connectivity index (χ0) is 14.7. The van der Waals surface area contributed by atoms with Crippen LogP contribution in [0.25, 0.3) is 0 Å². The molecule has 1 heterocycles. The fourth-order valence-corrected chi connectivity index (χ4v) is 2.04. The summed E-state index contributed by atoms with van der Waals surface area (Å²) in [5.74, 6) is -1.35. The number of nitro benzene ring substituents is 1. The fourth-order valence-electron chi connectivity index (χ4n) is 2.04. The zero-order valence-corrected chi connectivity index (χ0v) is 10.5. The normalized spacial score (nSPS) is 17.6. The van der Waals surface area contributed by atoms with Crippen molar-refractivity contribution in [3.63, 3.8) is 0 Å². The second-order valence-electron chi connectivity index (χ2n) is 4.48. The van der Waals surface area contributed by atoms with Crippen LogP contribution in [0.4, 0.5) is 11.4 Å². The summed E-state index contributed by atoms with van der Waals surface area (Å²) in [5.41, 5.74) is -0.365. The quantitative estimate of drug-likeness (QED) is 0.545. The molecule has 1 aromatic carbocycles. The zero-order valence-electron chi connectivity index (χ0n) is 10.5. The summed E-state index contributed by atoms with van der Waals surface area (Å²) in [6, 6.07) is 3.82. The standard InChI is InChI=1S/C12H13N3O5/c16-11-4-2-8(14-11)6-13-7-1-3-9(12(17)18)10(5-7)15(19)20/h1,3,5,8,13H,2,4,6H2,(H,14,16)(H,17,18). The van der Waals surface area contributed by atoms with E-state index in [9.17, 15) is 19.7 Å². The molecule has 0 bridgehead atoms. The Bertz CT molecular complexity index is 572. The first-order chi connectivity index (χ1) is 9.47. The Kier molecular flexibility index (Phi) is 3.83. The lowest BCUT2D eigenvalue weighted by Crippen LogP contribution is -2.31. The third-order valence-corrected chi connectivity index (χ3v) is 3.06. The van der Waals surface area contributed by atoms with Crippen LogP contribution in [-0.4, -0.2) is 34.5 Å². The molecule has 1 saturated heterocycles. The first kappa shape index (κ1) is 13.8. The van der Waals surface area contributed by atoms with Crippen LogP contribution in [0.5, 0.6) is 0 Å². The first-order valence-electron chi connectivity index (χ1n) is 6.02. The SMILES string of the molecule is O=C1CCC(CNc2ccc(C(=O)O)c([N+](=O)[O-])c2)N1. The van der Waals surface area contributed by atoms with Crippen LogP contribution in [0.1, 0.15) is 23.2 Å². The van der Waals surface area contributed by atoms with E-state index in [-0.39, 0.29) is 17.5 Å². The van der Waals surface area contributed by atoms with E-state index in [4.69, 9.17) is 5.11 Å². The van der Waals surface area contributed by atoms with Crippen molar-refractivity contribution in [1.82, 2.24) is 5.32 Å². The van der Waals surface area contributed by atoms with Crippen LogP contribution in [0.15, 0.2) is 18.2 Å². The van der Waals surface area contributed by atoms with Gasteiger partial charge < -0.3 is 15.7 Å². The lowest BCUT2D eigenvalue weighted by Gasteiger charge is -2.12. The smallest absolute Gasteiger partial charge is 0.342 e. The number of carboxylic acids is 1. The molecule has 8 heteroatoms. The molecule has 1 aromatic rings. The third kappa shape index (κ3) is 3.02. The van der Waals surface area contributed by atoms with Crippen LogP contribution >= 0.6 is 0 Å². The van der Waals surface area contributed by atoms with Gasteiger partial charge in [0, 0.05) is 30.8 Å². The van der Waals surface area contributed by atoms with Crippen LogP contribution in [0, 0.1) is 10.1 Å². The molecular weight excluding hydrogens is 266 g/mol. The van der Waals surface area contributed by atoms with Gasteiger partial charge in [0.15, 0.2) is 0 Å². The van der Waals surface area contributed by atoms with Gasteiger partial charge in [-0.2, -0.15) is 0 Å². The molecule has 1 atom stereocenters. The molecule has 1 amide bonds. The van der Waals surface area contributed by atoms with Crippen LogP contribution in [-0.2, 0) is 4.79 Å². The highest BCUT2D eigenvalue weighted by Gasteiger charge is 2.22. The first-order valence-corrected chi connectivity index (χ1v) is 6.02. The predicted molar refractivity (Wildman–Crippen MR) is 69.7 cm³/mol. The number of nitro groups is 1. The number of carboxylic acid groups (broad SMARTS) is 1. The number of nitrogens with zero attached hydrogens (tertiary/aromatic N) is 1. The van der Waals surface area contributed by atoms with Crippen LogP contribution in [0.2, 0.25) is 0 Å². The number of aromatic carboxylic acids is 1. The topological polar surface area (TPSA) is 122 Å². The van der Waals surface area contributed by atoms with Gasteiger partial charge in [0.25, 0.3) is 5.69 Å². The number of amides is 1. The summed E-state index contributed by atoms with van der Waals surface area (Å²) in [5, 5.41) is 25.4. The van der Waals surface area contributed by atoms with E-state index in [1.165, 1.54) is 18.2 Å². The van der Waals surface area contributed by atoms with Gasteiger partial charge >= 0.3 is 5.97 Å². The largest absolute Gasteiger partial charge is 0.477 e. The highest BCUT2D eigenvalue weighted by atomic mass is 16.6. The molecule has 0 aliphatic carbocycles. The minimum atomic E-state index is -1.34. The number of carbonyl (C=O) groups excluding carboxylic acids is 1.